The Hall–Kier alpha value is -1.98. The third-order valence-corrected chi connectivity index (χ3v) is 3.44. The Bertz CT molecular complexity index is 533. The number of likely N-dealkylation sites (tertiary alicyclic amines) is 1. The van der Waals surface area contributed by atoms with E-state index in [1.54, 1.807) is 4.90 Å². The SMILES string of the molecule is O=C(O)CC1CCN(C(=O)Cc2ccc(F)c(F)c2)C1. The van der Waals surface area contributed by atoms with Gasteiger partial charge in [-0.3, -0.25) is 9.59 Å². The van der Waals surface area contributed by atoms with Crippen LogP contribution in [0.1, 0.15) is 18.4 Å². The van der Waals surface area contributed by atoms with E-state index in [9.17, 15) is 18.4 Å². The van der Waals surface area contributed by atoms with Gasteiger partial charge in [-0.2, -0.15) is 0 Å². The van der Waals surface area contributed by atoms with Crippen LogP contribution in [0.2, 0.25) is 0 Å². The van der Waals surface area contributed by atoms with Crippen LogP contribution in [-0.4, -0.2) is 35.0 Å². The summed E-state index contributed by atoms with van der Waals surface area (Å²) < 4.78 is 25.8. The molecule has 20 heavy (non-hydrogen) atoms. The van der Waals surface area contributed by atoms with Crippen molar-refractivity contribution in [3.05, 3.63) is 35.4 Å². The lowest BCUT2D eigenvalue weighted by Gasteiger charge is -2.16. The normalized spacial score (nSPS) is 18.3. The molecule has 1 amide bonds. The maximum absolute atomic E-state index is 13.0. The van der Waals surface area contributed by atoms with Crippen LogP contribution < -0.4 is 0 Å². The summed E-state index contributed by atoms with van der Waals surface area (Å²) in [6.45, 7) is 0.926. The molecule has 1 saturated heterocycles. The van der Waals surface area contributed by atoms with Crippen LogP contribution >= 0.6 is 0 Å². The number of hydrogen-bond acceptors (Lipinski definition) is 2. The molecular weight excluding hydrogens is 268 g/mol. The number of carboxylic acid groups (broad SMARTS) is 1. The van der Waals surface area contributed by atoms with Crippen molar-refractivity contribution in [1.82, 2.24) is 4.90 Å². The van der Waals surface area contributed by atoms with Crippen molar-refractivity contribution in [3.63, 3.8) is 0 Å². The minimum atomic E-state index is -0.972. The number of carboxylic acids is 1. The number of halogens is 2. The molecule has 1 aliphatic heterocycles. The summed E-state index contributed by atoms with van der Waals surface area (Å²) in [5.74, 6) is -3.00. The van der Waals surface area contributed by atoms with Crippen LogP contribution in [0.3, 0.4) is 0 Å². The number of nitrogens with zero attached hydrogens (tertiary/aromatic N) is 1. The van der Waals surface area contributed by atoms with Gasteiger partial charge in [0.15, 0.2) is 11.6 Å². The molecule has 1 aromatic carbocycles. The van der Waals surface area contributed by atoms with Crippen molar-refractivity contribution in [1.29, 1.82) is 0 Å². The number of rotatable bonds is 4. The molecule has 1 unspecified atom stereocenters. The van der Waals surface area contributed by atoms with Crippen molar-refractivity contribution in [2.24, 2.45) is 5.92 Å². The van der Waals surface area contributed by atoms with Gasteiger partial charge in [-0.05, 0) is 30.0 Å². The van der Waals surface area contributed by atoms with E-state index in [0.29, 0.717) is 25.1 Å². The summed E-state index contributed by atoms with van der Waals surface area (Å²) in [5, 5.41) is 8.71. The Kier molecular flexibility index (Phi) is 4.32. The van der Waals surface area contributed by atoms with E-state index >= 15 is 0 Å². The van der Waals surface area contributed by atoms with E-state index in [2.05, 4.69) is 0 Å². The predicted octanol–water partition coefficient (Wildman–Crippen LogP) is 1.83. The third-order valence-electron chi connectivity index (χ3n) is 3.44. The highest BCUT2D eigenvalue weighted by molar-refractivity contribution is 5.79. The first-order valence-corrected chi connectivity index (χ1v) is 6.39. The first-order valence-electron chi connectivity index (χ1n) is 6.39. The van der Waals surface area contributed by atoms with Crippen molar-refractivity contribution in [2.75, 3.05) is 13.1 Å². The summed E-state index contributed by atoms with van der Waals surface area (Å²) in [7, 11) is 0. The second-order valence-electron chi connectivity index (χ2n) is 5.02. The van der Waals surface area contributed by atoms with Gasteiger partial charge in [0.25, 0.3) is 0 Å². The zero-order valence-electron chi connectivity index (χ0n) is 10.8. The first kappa shape index (κ1) is 14.4. The molecule has 1 fully saturated rings. The van der Waals surface area contributed by atoms with Gasteiger partial charge in [0.05, 0.1) is 6.42 Å². The fraction of sp³-hybridized carbons (Fsp3) is 0.429. The quantitative estimate of drug-likeness (QED) is 0.917. The molecule has 108 valence electrons. The smallest absolute Gasteiger partial charge is 0.303 e. The van der Waals surface area contributed by atoms with E-state index in [4.69, 9.17) is 5.11 Å². The molecule has 0 aromatic heterocycles. The molecular formula is C14H15F2NO3. The Morgan fingerprint density at radius 2 is 2.05 bits per heavy atom. The minimum absolute atomic E-state index is 0.00298. The number of benzene rings is 1. The Morgan fingerprint density at radius 1 is 1.30 bits per heavy atom. The van der Waals surface area contributed by atoms with Crippen LogP contribution in [0.5, 0.6) is 0 Å². The van der Waals surface area contributed by atoms with Gasteiger partial charge in [-0.1, -0.05) is 6.07 Å². The number of carbonyl (C=O) groups is 2. The van der Waals surface area contributed by atoms with E-state index in [1.165, 1.54) is 6.07 Å². The van der Waals surface area contributed by atoms with Gasteiger partial charge >= 0.3 is 5.97 Å². The summed E-state index contributed by atoms with van der Waals surface area (Å²) in [6, 6.07) is 3.38. The van der Waals surface area contributed by atoms with Gasteiger partial charge in [-0.15, -0.1) is 0 Å². The monoisotopic (exact) mass is 283 g/mol. The minimum Gasteiger partial charge on any atom is -0.481 e. The number of aliphatic carboxylic acids is 1. The molecule has 4 nitrogen and oxygen atoms in total. The molecule has 0 spiro atoms. The van der Waals surface area contributed by atoms with Gasteiger partial charge in [-0.25, -0.2) is 8.78 Å². The van der Waals surface area contributed by atoms with Crippen LogP contribution in [0.25, 0.3) is 0 Å². The van der Waals surface area contributed by atoms with Gasteiger partial charge in [0, 0.05) is 19.5 Å². The number of carbonyl (C=O) groups excluding carboxylic acids is 1. The number of hydrogen-bond donors (Lipinski definition) is 1. The van der Waals surface area contributed by atoms with Crippen molar-refractivity contribution in [2.45, 2.75) is 19.3 Å². The Labute approximate surface area is 115 Å². The highest BCUT2D eigenvalue weighted by Gasteiger charge is 2.27. The summed E-state index contributed by atoms with van der Waals surface area (Å²) in [6.07, 6.45) is 0.710. The van der Waals surface area contributed by atoms with E-state index in [1.807, 2.05) is 0 Å². The lowest BCUT2D eigenvalue weighted by molar-refractivity contribution is -0.138. The van der Waals surface area contributed by atoms with E-state index in [0.717, 1.165) is 12.1 Å². The fourth-order valence-electron chi connectivity index (χ4n) is 2.41. The zero-order valence-corrected chi connectivity index (χ0v) is 10.8. The molecule has 0 bridgehead atoms. The Balaban J connectivity index is 1.92. The molecule has 2 rings (SSSR count). The highest BCUT2D eigenvalue weighted by Crippen LogP contribution is 2.20. The second-order valence-corrected chi connectivity index (χ2v) is 5.02. The summed E-state index contributed by atoms with van der Waals surface area (Å²) in [5.41, 5.74) is 0.413. The van der Waals surface area contributed by atoms with Gasteiger partial charge in [0.1, 0.15) is 0 Å². The molecule has 1 atom stereocenters. The number of amides is 1. The standard InChI is InChI=1S/C14H15F2NO3/c15-11-2-1-9(5-12(11)16)6-13(18)17-4-3-10(8-17)7-14(19)20/h1-2,5,10H,3-4,6-8H2,(H,19,20). The van der Waals surface area contributed by atoms with Crippen LogP contribution in [0.4, 0.5) is 8.78 Å². The maximum atomic E-state index is 13.0. The first-order chi connectivity index (χ1) is 9.45. The van der Waals surface area contributed by atoms with Crippen LogP contribution in [0, 0.1) is 17.6 Å². The lowest BCUT2D eigenvalue weighted by Crippen LogP contribution is -2.30. The van der Waals surface area contributed by atoms with Crippen molar-refractivity contribution >= 4 is 11.9 Å². The average molecular weight is 283 g/mol. The van der Waals surface area contributed by atoms with Crippen LogP contribution in [0.15, 0.2) is 18.2 Å². The molecule has 0 saturated carbocycles. The summed E-state index contributed by atoms with van der Waals surface area (Å²) >= 11 is 0. The van der Waals surface area contributed by atoms with E-state index in [-0.39, 0.29) is 24.7 Å². The van der Waals surface area contributed by atoms with Crippen molar-refractivity contribution in [3.8, 4) is 0 Å². The van der Waals surface area contributed by atoms with E-state index < -0.39 is 17.6 Å². The second kappa shape index (κ2) is 5.98. The molecule has 0 radical (unpaired) electrons. The topological polar surface area (TPSA) is 57.6 Å². The molecule has 0 aliphatic carbocycles. The predicted molar refractivity (Wildman–Crippen MR) is 67.0 cm³/mol. The molecule has 1 heterocycles. The maximum Gasteiger partial charge on any atom is 0.303 e. The zero-order chi connectivity index (χ0) is 14.7. The van der Waals surface area contributed by atoms with Crippen LogP contribution in [-0.2, 0) is 16.0 Å². The van der Waals surface area contributed by atoms with Gasteiger partial charge < -0.3 is 10.0 Å². The average Bonchev–Trinajstić information content (AvgIpc) is 2.81. The molecule has 1 N–H and O–H groups in total. The largest absolute Gasteiger partial charge is 0.481 e. The third kappa shape index (κ3) is 3.53. The highest BCUT2D eigenvalue weighted by atomic mass is 19.2. The molecule has 6 heteroatoms. The lowest BCUT2D eigenvalue weighted by atomic mass is 10.1. The Morgan fingerprint density at radius 3 is 2.70 bits per heavy atom. The molecule has 1 aromatic rings. The molecule has 1 aliphatic rings. The van der Waals surface area contributed by atoms with Crippen molar-refractivity contribution < 1.29 is 23.5 Å². The van der Waals surface area contributed by atoms with Gasteiger partial charge in [0.2, 0.25) is 5.91 Å². The summed E-state index contributed by atoms with van der Waals surface area (Å²) in [4.78, 5) is 24.2. The fourth-order valence-corrected chi connectivity index (χ4v) is 2.41.